The Morgan fingerprint density at radius 1 is 1.25 bits per heavy atom. The van der Waals surface area contributed by atoms with E-state index in [2.05, 4.69) is 10.3 Å². The number of nitrogens with zero attached hydrogens (tertiary/aromatic N) is 2. The fourth-order valence-corrected chi connectivity index (χ4v) is 3.88. The van der Waals surface area contributed by atoms with Crippen LogP contribution in [-0.2, 0) is 11.3 Å². The van der Waals surface area contributed by atoms with Crippen molar-refractivity contribution in [2.45, 2.75) is 44.1 Å². The van der Waals surface area contributed by atoms with Crippen LogP contribution in [0, 0.1) is 6.92 Å². The number of carbonyl (C=O) groups is 1. The van der Waals surface area contributed by atoms with E-state index in [1.807, 2.05) is 38.1 Å². The van der Waals surface area contributed by atoms with Crippen molar-refractivity contribution in [3.63, 3.8) is 0 Å². The third-order valence-electron chi connectivity index (χ3n) is 4.30. The standard InChI is InChI=1S/C21H22ClN3O2S/c1-4-11-25-20(27)17-10-7-15(22)12-18(17)24-21(25)28-14(3)19(26)23-16-8-5-13(2)6-9-16/h5-10,12,14H,4,11H2,1-3H3,(H,23,26). The van der Waals surface area contributed by atoms with Gasteiger partial charge < -0.3 is 5.32 Å². The zero-order valence-electron chi connectivity index (χ0n) is 16.0. The van der Waals surface area contributed by atoms with Crippen molar-refractivity contribution in [3.05, 3.63) is 63.4 Å². The normalized spacial score (nSPS) is 12.1. The minimum Gasteiger partial charge on any atom is -0.325 e. The maximum atomic E-state index is 12.9. The van der Waals surface area contributed by atoms with E-state index in [0.29, 0.717) is 27.6 Å². The number of thioether (sulfide) groups is 1. The maximum absolute atomic E-state index is 12.9. The molecule has 1 unspecified atom stereocenters. The highest BCUT2D eigenvalue weighted by Gasteiger charge is 2.19. The van der Waals surface area contributed by atoms with Crippen LogP contribution in [0.4, 0.5) is 5.69 Å². The van der Waals surface area contributed by atoms with Gasteiger partial charge in [-0.15, -0.1) is 0 Å². The molecule has 0 aliphatic rings. The van der Waals surface area contributed by atoms with Crippen LogP contribution in [0.5, 0.6) is 0 Å². The largest absolute Gasteiger partial charge is 0.325 e. The molecule has 0 radical (unpaired) electrons. The molecule has 0 aliphatic heterocycles. The summed E-state index contributed by atoms with van der Waals surface area (Å²) in [4.78, 5) is 30.1. The molecule has 1 aromatic heterocycles. The Hall–Kier alpha value is -2.31. The molecule has 5 nitrogen and oxygen atoms in total. The lowest BCUT2D eigenvalue weighted by Gasteiger charge is -2.16. The zero-order valence-corrected chi connectivity index (χ0v) is 17.6. The lowest BCUT2D eigenvalue weighted by atomic mass is 10.2. The van der Waals surface area contributed by atoms with Crippen LogP contribution in [-0.4, -0.2) is 20.7 Å². The number of carbonyl (C=O) groups excluding carboxylic acids is 1. The molecule has 1 atom stereocenters. The minimum absolute atomic E-state index is 0.114. The fraction of sp³-hybridized carbons (Fsp3) is 0.286. The monoisotopic (exact) mass is 415 g/mol. The van der Waals surface area contributed by atoms with E-state index in [0.717, 1.165) is 17.7 Å². The number of nitrogens with one attached hydrogen (secondary N) is 1. The Balaban J connectivity index is 1.89. The van der Waals surface area contributed by atoms with Gasteiger partial charge in [0.2, 0.25) is 5.91 Å². The summed E-state index contributed by atoms with van der Waals surface area (Å²) in [5.74, 6) is -0.141. The number of anilines is 1. The third kappa shape index (κ3) is 4.56. The molecule has 0 saturated heterocycles. The molecule has 0 saturated carbocycles. The molecule has 2 aromatic carbocycles. The van der Waals surface area contributed by atoms with Crippen LogP contribution < -0.4 is 10.9 Å². The molecule has 0 bridgehead atoms. The summed E-state index contributed by atoms with van der Waals surface area (Å²) in [5, 5.41) is 4.05. The van der Waals surface area contributed by atoms with Gasteiger partial charge in [0, 0.05) is 17.3 Å². The first-order valence-corrected chi connectivity index (χ1v) is 10.4. The summed E-state index contributed by atoms with van der Waals surface area (Å²) >= 11 is 7.33. The number of hydrogen-bond donors (Lipinski definition) is 1. The first-order chi connectivity index (χ1) is 13.4. The smallest absolute Gasteiger partial charge is 0.262 e. The van der Waals surface area contributed by atoms with Crippen LogP contribution in [0.25, 0.3) is 10.9 Å². The van der Waals surface area contributed by atoms with Gasteiger partial charge >= 0.3 is 0 Å². The van der Waals surface area contributed by atoms with E-state index in [1.54, 1.807) is 29.7 Å². The van der Waals surface area contributed by atoms with Crippen LogP contribution >= 0.6 is 23.4 Å². The van der Waals surface area contributed by atoms with Gasteiger partial charge in [-0.2, -0.15) is 0 Å². The summed E-state index contributed by atoms with van der Waals surface area (Å²) in [6, 6.07) is 12.7. The number of amides is 1. The molecule has 0 fully saturated rings. The van der Waals surface area contributed by atoms with Gasteiger partial charge in [-0.25, -0.2) is 4.98 Å². The first kappa shape index (κ1) is 20.4. The molecule has 1 amide bonds. The van der Waals surface area contributed by atoms with Gasteiger partial charge in [-0.05, 0) is 50.6 Å². The summed E-state index contributed by atoms with van der Waals surface area (Å²) < 4.78 is 1.64. The first-order valence-electron chi connectivity index (χ1n) is 9.13. The average molecular weight is 416 g/mol. The van der Waals surface area contributed by atoms with Gasteiger partial charge in [0.05, 0.1) is 16.2 Å². The molecule has 0 spiro atoms. The summed E-state index contributed by atoms with van der Waals surface area (Å²) in [6.45, 7) is 6.34. The Bertz CT molecular complexity index is 1060. The Labute approximate surface area is 173 Å². The molecular formula is C21H22ClN3O2S. The maximum Gasteiger partial charge on any atom is 0.262 e. The Morgan fingerprint density at radius 2 is 1.96 bits per heavy atom. The van der Waals surface area contributed by atoms with Crippen molar-refractivity contribution < 1.29 is 4.79 Å². The SMILES string of the molecule is CCCn1c(SC(C)C(=O)Nc2ccc(C)cc2)nc2cc(Cl)ccc2c1=O. The van der Waals surface area contributed by atoms with Crippen molar-refractivity contribution in [1.82, 2.24) is 9.55 Å². The lowest BCUT2D eigenvalue weighted by molar-refractivity contribution is -0.115. The Morgan fingerprint density at radius 3 is 2.64 bits per heavy atom. The quantitative estimate of drug-likeness (QED) is 0.460. The zero-order chi connectivity index (χ0) is 20.3. The molecule has 3 rings (SSSR count). The highest BCUT2D eigenvalue weighted by atomic mass is 35.5. The molecule has 3 aromatic rings. The van der Waals surface area contributed by atoms with Crippen LogP contribution in [0.15, 0.2) is 52.4 Å². The van der Waals surface area contributed by atoms with E-state index in [-0.39, 0.29) is 11.5 Å². The van der Waals surface area contributed by atoms with Gasteiger partial charge in [-0.3, -0.25) is 14.2 Å². The molecule has 7 heteroatoms. The Kier molecular flexibility index (Phi) is 6.42. The number of benzene rings is 2. The average Bonchev–Trinajstić information content (AvgIpc) is 2.66. The van der Waals surface area contributed by atoms with Crippen LogP contribution in [0.3, 0.4) is 0 Å². The van der Waals surface area contributed by atoms with Crippen molar-refractivity contribution in [1.29, 1.82) is 0 Å². The number of fused-ring (bicyclic) bond motifs is 1. The van der Waals surface area contributed by atoms with Crippen molar-refractivity contribution in [2.75, 3.05) is 5.32 Å². The fourth-order valence-electron chi connectivity index (χ4n) is 2.78. The third-order valence-corrected chi connectivity index (χ3v) is 5.63. The number of hydrogen-bond acceptors (Lipinski definition) is 4. The van der Waals surface area contributed by atoms with E-state index in [1.165, 1.54) is 11.8 Å². The van der Waals surface area contributed by atoms with E-state index < -0.39 is 5.25 Å². The molecule has 146 valence electrons. The van der Waals surface area contributed by atoms with Gasteiger partial charge in [0.25, 0.3) is 5.56 Å². The molecule has 28 heavy (non-hydrogen) atoms. The van der Waals surface area contributed by atoms with Gasteiger partial charge in [-0.1, -0.05) is 48.0 Å². The van der Waals surface area contributed by atoms with E-state index in [4.69, 9.17) is 11.6 Å². The molecular weight excluding hydrogens is 394 g/mol. The van der Waals surface area contributed by atoms with Gasteiger partial charge in [0.15, 0.2) is 5.16 Å². The molecule has 1 N–H and O–H groups in total. The summed E-state index contributed by atoms with van der Waals surface area (Å²) in [5.41, 5.74) is 2.30. The predicted molar refractivity (Wildman–Crippen MR) is 116 cm³/mol. The van der Waals surface area contributed by atoms with Crippen molar-refractivity contribution in [2.24, 2.45) is 0 Å². The highest BCUT2D eigenvalue weighted by Crippen LogP contribution is 2.25. The number of rotatable bonds is 6. The molecule has 1 heterocycles. The van der Waals surface area contributed by atoms with Crippen LogP contribution in [0.2, 0.25) is 5.02 Å². The topological polar surface area (TPSA) is 64.0 Å². The second-order valence-electron chi connectivity index (χ2n) is 6.63. The summed E-state index contributed by atoms with van der Waals surface area (Å²) in [7, 11) is 0. The van der Waals surface area contributed by atoms with Gasteiger partial charge in [0.1, 0.15) is 0 Å². The lowest BCUT2D eigenvalue weighted by Crippen LogP contribution is -2.27. The van der Waals surface area contributed by atoms with E-state index >= 15 is 0 Å². The van der Waals surface area contributed by atoms with Crippen LogP contribution in [0.1, 0.15) is 25.8 Å². The second kappa shape index (κ2) is 8.80. The molecule has 0 aliphatic carbocycles. The summed E-state index contributed by atoms with van der Waals surface area (Å²) in [6.07, 6.45) is 0.790. The predicted octanol–water partition coefficient (Wildman–Crippen LogP) is 4.89. The number of halogens is 1. The highest BCUT2D eigenvalue weighted by molar-refractivity contribution is 8.00. The second-order valence-corrected chi connectivity index (χ2v) is 8.37. The van der Waals surface area contributed by atoms with Crippen molar-refractivity contribution >= 4 is 45.9 Å². The van der Waals surface area contributed by atoms with E-state index in [9.17, 15) is 9.59 Å². The minimum atomic E-state index is -0.423. The number of aryl methyl sites for hydroxylation is 1. The van der Waals surface area contributed by atoms with Crippen molar-refractivity contribution in [3.8, 4) is 0 Å². The number of aromatic nitrogens is 2.